The summed E-state index contributed by atoms with van der Waals surface area (Å²) in [4.78, 5) is 18.2. The van der Waals surface area contributed by atoms with Crippen molar-refractivity contribution in [1.82, 2.24) is 19.7 Å². The first kappa shape index (κ1) is 9.66. The van der Waals surface area contributed by atoms with Crippen LogP contribution in [0.4, 0.5) is 5.95 Å². The average molecular weight is 209 g/mol. The molecule has 0 atom stereocenters. The molecule has 7 heteroatoms. The van der Waals surface area contributed by atoms with E-state index in [0.29, 0.717) is 23.5 Å². The van der Waals surface area contributed by atoms with E-state index in [1.165, 1.54) is 10.9 Å². The standard InChI is InChI=1S/C8H11N5O2/c1-13-6-5(4-10-13)7(15)12-8(11-6)9-2-3-14/h4,14H,2-3H2,1H3,(H2,9,11,12,15). The molecular formula is C8H11N5O2. The Bertz CT molecular complexity index is 529. The van der Waals surface area contributed by atoms with Crippen LogP contribution in [0.5, 0.6) is 0 Å². The number of aliphatic hydroxyl groups is 1. The van der Waals surface area contributed by atoms with Gasteiger partial charge >= 0.3 is 0 Å². The predicted octanol–water partition coefficient (Wildman–Crippen LogP) is -0.939. The lowest BCUT2D eigenvalue weighted by Gasteiger charge is -2.02. The van der Waals surface area contributed by atoms with Crippen molar-refractivity contribution in [1.29, 1.82) is 0 Å². The van der Waals surface area contributed by atoms with Crippen LogP contribution in [0.15, 0.2) is 11.0 Å². The highest BCUT2D eigenvalue weighted by atomic mass is 16.3. The second-order valence-corrected chi connectivity index (χ2v) is 3.07. The van der Waals surface area contributed by atoms with E-state index in [1.54, 1.807) is 7.05 Å². The topological polar surface area (TPSA) is 95.8 Å². The van der Waals surface area contributed by atoms with Crippen LogP contribution < -0.4 is 10.9 Å². The first-order chi connectivity index (χ1) is 7.22. The van der Waals surface area contributed by atoms with Gasteiger partial charge in [-0.05, 0) is 0 Å². The SMILES string of the molecule is Cn1ncc2c(=O)[nH]c(NCCO)nc21. The number of H-pyrrole nitrogens is 1. The summed E-state index contributed by atoms with van der Waals surface area (Å²) in [5, 5.41) is 15.8. The van der Waals surface area contributed by atoms with Crippen molar-refractivity contribution in [3.8, 4) is 0 Å². The van der Waals surface area contributed by atoms with E-state index in [0.717, 1.165) is 0 Å². The third-order valence-corrected chi connectivity index (χ3v) is 2.01. The number of nitrogens with zero attached hydrogens (tertiary/aromatic N) is 3. The van der Waals surface area contributed by atoms with Crippen LogP contribution in [-0.2, 0) is 7.05 Å². The zero-order valence-electron chi connectivity index (χ0n) is 8.19. The second-order valence-electron chi connectivity index (χ2n) is 3.07. The van der Waals surface area contributed by atoms with Crippen molar-refractivity contribution < 1.29 is 5.11 Å². The minimum atomic E-state index is -0.242. The Balaban J connectivity index is 2.50. The van der Waals surface area contributed by atoms with E-state index in [9.17, 15) is 4.79 Å². The van der Waals surface area contributed by atoms with E-state index < -0.39 is 0 Å². The summed E-state index contributed by atoms with van der Waals surface area (Å²) < 4.78 is 1.52. The van der Waals surface area contributed by atoms with Crippen LogP contribution in [0, 0.1) is 0 Å². The fraction of sp³-hybridized carbons (Fsp3) is 0.375. The number of rotatable bonds is 3. The molecule has 2 rings (SSSR count). The summed E-state index contributed by atoms with van der Waals surface area (Å²) in [6.45, 7) is 0.319. The molecule has 80 valence electrons. The van der Waals surface area contributed by atoms with Gasteiger partial charge in [0, 0.05) is 13.6 Å². The second kappa shape index (κ2) is 3.70. The number of nitrogens with one attached hydrogen (secondary N) is 2. The van der Waals surface area contributed by atoms with Crippen molar-refractivity contribution in [2.75, 3.05) is 18.5 Å². The molecule has 0 aromatic carbocycles. The van der Waals surface area contributed by atoms with Gasteiger partial charge in [0.1, 0.15) is 5.39 Å². The maximum atomic E-state index is 11.5. The van der Waals surface area contributed by atoms with E-state index in [1.807, 2.05) is 0 Å². The normalized spacial score (nSPS) is 10.8. The minimum Gasteiger partial charge on any atom is -0.395 e. The van der Waals surface area contributed by atoms with Gasteiger partial charge in [0.25, 0.3) is 5.56 Å². The zero-order valence-corrected chi connectivity index (χ0v) is 8.19. The van der Waals surface area contributed by atoms with Gasteiger partial charge in [-0.2, -0.15) is 10.1 Å². The molecule has 7 nitrogen and oxygen atoms in total. The van der Waals surface area contributed by atoms with Gasteiger partial charge in [-0.15, -0.1) is 0 Å². The molecule has 0 saturated carbocycles. The van der Waals surface area contributed by atoms with E-state index in [-0.39, 0.29) is 12.2 Å². The Morgan fingerprint density at radius 3 is 3.20 bits per heavy atom. The quantitative estimate of drug-likeness (QED) is 0.606. The highest BCUT2D eigenvalue weighted by Gasteiger charge is 2.06. The molecule has 0 saturated heterocycles. The summed E-state index contributed by atoms with van der Waals surface area (Å²) in [7, 11) is 1.71. The smallest absolute Gasteiger partial charge is 0.263 e. The number of hydrogen-bond donors (Lipinski definition) is 3. The molecular weight excluding hydrogens is 198 g/mol. The Morgan fingerprint density at radius 1 is 1.67 bits per heavy atom. The number of hydrogen-bond acceptors (Lipinski definition) is 5. The van der Waals surface area contributed by atoms with Gasteiger partial charge in [0.05, 0.1) is 12.8 Å². The lowest BCUT2D eigenvalue weighted by Crippen LogP contribution is -2.15. The molecule has 0 unspecified atom stereocenters. The molecule has 0 spiro atoms. The summed E-state index contributed by atoms with van der Waals surface area (Å²) >= 11 is 0. The molecule has 15 heavy (non-hydrogen) atoms. The largest absolute Gasteiger partial charge is 0.395 e. The van der Waals surface area contributed by atoms with Crippen molar-refractivity contribution >= 4 is 17.0 Å². The van der Waals surface area contributed by atoms with Crippen LogP contribution in [0.3, 0.4) is 0 Å². The molecule has 0 aliphatic carbocycles. The van der Waals surface area contributed by atoms with Gasteiger partial charge in [-0.3, -0.25) is 14.5 Å². The minimum absolute atomic E-state index is 0.0207. The monoisotopic (exact) mass is 209 g/mol. The molecule has 0 bridgehead atoms. The van der Waals surface area contributed by atoms with Crippen LogP contribution in [0.2, 0.25) is 0 Å². The lowest BCUT2D eigenvalue weighted by molar-refractivity contribution is 0.311. The highest BCUT2D eigenvalue weighted by molar-refractivity contribution is 5.74. The third-order valence-electron chi connectivity index (χ3n) is 2.01. The van der Waals surface area contributed by atoms with Crippen molar-refractivity contribution in [3.05, 3.63) is 16.6 Å². The molecule has 0 fully saturated rings. The van der Waals surface area contributed by atoms with Crippen molar-refractivity contribution in [2.24, 2.45) is 7.05 Å². The summed E-state index contributed by atoms with van der Waals surface area (Å²) in [5.74, 6) is 0.338. The van der Waals surface area contributed by atoms with E-state index in [4.69, 9.17) is 5.11 Å². The number of aromatic amines is 1. The van der Waals surface area contributed by atoms with Crippen LogP contribution >= 0.6 is 0 Å². The Hall–Kier alpha value is -1.89. The fourth-order valence-electron chi connectivity index (χ4n) is 1.29. The molecule has 2 aromatic rings. The Kier molecular flexibility index (Phi) is 2.38. The molecule has 2 heterocycles. The maximum absolute atomic E-state index is 11.5. The van der Waals surface area contributed by atoms with Gasteiger partial charge in [-0.25, -0.2) is 0 Å². The lowest BCUT2D eigenvalue weighted by atomic mass is 10.4. The molecule has 0 radical (unpaired) electrons. The molecule has 0 amide bonds. The number of anilines is 1. The molecule has 2 aromatic heterocycles. The Morgan fingerprint density at radius 2 is 2.47 bits per heavy atom. The fourth-order valence-corrected chi connectivity index (χ4v) is 1.29. The van der Waals surface area contributed by atoms with Gasteiger partial charge in [0.15, 0.2) is 5.65 Å². The van der Waals surface area contributed by atoms with Crippen LogP contribution in [-0.4, -0.2) is 38.0 Å². The number of aromatic nitrogens is 4. The summed E-state index contributed by atoms with van der Waals surface area (Å²) in [5.41, 5.74) is 0.271. The zero-order chi connectivity index (χ0) is 10.8. The van der Waals surface area contributed by atoms with Gasteiger partial charge < -0.3 is 10.4 Å². The van der Waals surface area contributed by atoms with E-state index in [2.05, 4.69) is 20.4 Å². The highest BCUT2D eigenvalue weighted by Crippen LogP contribution is 2.05. The third kappa shape index (κ3) is 1.68. The summed E-state index contributed by atoms with van der Waals surface area (Å²) in [6, 6.07) is 0. The number of aliphatic hydroxyl groups excluding tert-OH is 1. The van der Waals surface area contributed by atoms with Gasteiger partial charge in [0.2, 0.25) is 5.95 Å². The van der Waals surface area contributed by atoms with Crippen LogP contribution in [0.1, 0.15) is 0 Å². The van der Waals surface area contributed by atoms with Gasteiger partial charge in [-0.1, -0.05) is 0 Å². The van der Waals surface area contributed by atoms with Crippen molar-refractivity contribution in [3.63, 3.8) is 0 Å². The Labute approximate surface area is 84.8 Å². The van der Waals surface area contributed by atoms with E-state index >= 15 is 0 Å². The number of aryl methyl sites for hydroxylation is 1. The van der Waals surface area contributed by atoms with Crippen molar-refractivity contribution in [2.45, 2.75) is 0 Å². The first-order valence-electron chi connectivity index (χ1n) is 4.49. The maximum Gasteiger partial charge on any atom is 0.263 e. The molecule has 3 N–H and O–H groups in total. The molecule has 0 aliphatic rings. The van der Waals surface area contributed by atoms with Crippen LogP contribution in [0.25, 0.3) is 11.0 Å². The average Bonchev–Trinajstić information content (AvgIpc) is 2.58. The summed E-state index contributed by atoms with van der Waals surface area (Å²) in [6.07, 6.45) is 1.47. The first-order valence-corrected chi connectivity index (χ1v) is 4.49. The predicted molar refractivity (Wildman–Crippen MR) is 54.7 cm³/mol. The molecule has 0 aliphatic heterocycles. The number of fused-ring (bicyclic) bond motifs is 1.